The van der Waals surface area contributed by atoms with Crippen molar-refractivity contribution >= 4 is 56.2 Å². The van der Waals surface area contributed by atoms with Crippen molar-refractivity contribution in [2.45, 2.75) is 26.3 Å². The van der Waals surface area contributed by atoms with E-state index in [1.54, 1.807) is 17.6 Å². The van der Waals surface area contributed by atoms with Crippen molar-refractivity contribution in [3.05, 3.63) is 89.2 Å². The number of pyridine rings is 1. The van der Waals surface area contributed by atoms with Crippen LogP contribution in [0.3, 0.4) is 0 Å². The Balaban J connectivity index is 1.28. The molecule has 1 fully saturated rings. The third-order valence-electron chi connectivity index (χ3n) is 6.40. The largest absolute Gasteiger partial charge is 0.379 e. The van der Waals surface area contributed by atoms with Gasteiger partial charge >= 0.3 is 0 Å². The number of hydrogen-bond acceptors (Lipinski definition) is 10. The molecule has 0 unspecified atom stereocenters. The molecular formula is C28H25N9OS. The summed E-state index contributed by atoms with van der Waals surface area (Å²) in [5.74, 6) is 1.06. The molecule has 4 N–H and O–H groups in total. The first-order valence-electron chi connectivity index (χ1n) is 12.5. The minimum atomic E-state index is -0.296. The van der Waals surface area contributed by atoms with Gasteiger partial charge in [0, 0.05) is 40.2 Å². The maximum Gasteiger partial charge on any atom is 0.258 e. The van der Waals surface area contributed by atoms with Crippen molar-refractivity contribution < 1.29 is 4.79 Å². The number of amides is 1. The number of aromatic nitrogens is 5. The third kappa shape index (κ3) is 5.30. The molecule has 1 amide bonds. The standard InChI is InChI=1S/C28H25N9OS/c1-16-4-2-5-18(35-16)12-31-20-6-3-7-21(23(20)24(29)17-8-9-17)36-28(38)19-13-39-26-25(19)33-15-34-27(26)37-22-10-11-30-14-32-22/h2-7,10-11,13-15,17,29,31H,8-9,12H2,1H3,(H,36,38)(H,30,32,33,34,37). The Labute approximate surface area is 228 Å². The average molecular weight is 536 g/mol. The summed E-state index contributed by atoms with van der Waals surface area (Å²) < 4.78 is 0.744. The molecule has 4 aromatic heterocycles. The zero-order chi connectivity index (χ0) is 26.8. The molecule has 0 aliphatic heterocycles. The Morgan fingerprint density at radius 3 is 2.69 bits per heavy atom. The van der Waals surface area contributed by atoms with Gasteiger partial charge in [-0.2, -0.15) is 0 Å². The lowest BCUT2D eigenvalue weighted by Gasteiger charge is -2.18. The van der Waals surface area contributed by atoms with E-state index in [0.717, 1.165) is 34.6 Å². The van der Waals surface area contributed by atoms with Crippen molar-refractivity contribution in [3.8, 4) is 0 Å². The van der Waals surface area contributed by atoms with Gasteiger partial charge in [-0.1, -0.05) is 12.1 Å². The highest BCUT2D eigenvalue weighted by molar-refractivity contribution is 7.18. The molecule has 0 bridgehead atoms. The first-order valence-corrected chi connectivity index (χ1v) is 13.4. The normalized spacial score (nSPS) is 12.7. The van der Waals surface area contributed by atoms with Crippen LogP contribution >= 0.6 is 11.3 Å². The monoisotopic (exact) mass is 535 g/mol. The van der Waals surface area contributed by atoms with Crippen LogP contribution in [0, 0.1) is 18.3 Å². The number of rotatable bonds is 9. The van der Waals surface area contributed by atoms with Gasteiger partial charge < -0.3 is 21.4 Å². The van der Waals surface area contributed by atoms with Gasteiger partial charge in [0.05, 0.1) is 33.7 Å². The maximum absolute atomic E-state index is 13.5. The molecule has 11 heteroatoms. The van der Waals surface area contributed by atoms with Crippen molar-refractivity contribution in [2.24, 2.45) is 5.92 Å². The number of anilines is 4. The predicted octanol–water partition coefficient (Wildman–Crippen LogP) is 5.57. The fourth-order valence-electron chi connectivity index (χ4n) is 4.33. The molecule has 194 valence electrons. The summed E-state index contributed by atoms with van der Waals surface area (Å²) in [6.45, 7) is 2.47. The highest BCUT2D eigenvalue weighted by Gasteiger charge is 2.31. The molecule has 1 aliphatic rings. The van der Waals surface area contributed by atoms with Crippen molar-refractivity contribution in [1.82, 2.24) is 24.9 Å². The summed E-state index contributed by atoms with van der Waals surface area (Å²) in [6.07, 6.45) is 6.47. The molecule has 1 saturated carbocycles. The molecule has 1 aromatic carbocycles. The number of carbonyl (C=O) groups excluding carboxylic acids is 1. The summed E-state index contributed by atoms with van der Waals surface area (Å²) in [4.78, 5) is 35.0. The fourth-order valence-corrected chi connectivity index (χ4v) is 5.27. The molecule has 0 atom stereocenters. The molecule has 6 rings (SSSR count). The highest BCUT2D eigenvalue weighted by atomic mass is 32.1. The van der Waals surface area contributed by atoms with E-state index in [9.17, 15) is 4.79 Å². The van der Waals surface area contributed by atoms with Gasteiger partial charge in [0.1, 0.15) is 18.5 Å². The molecule has 4 heterocycles. The lowest BCUT2D eigenvalue weighted by atomic mass is 10.0. The van der Waals surface area contributed by atoms with Crippen LogP contribution in [0.15, 0.2) is 66.7 Å². The Morgan fingerprint density at radius 1 is 1.05 bits per heavy atom. The van der Waals surface area contributed by atoms with Gasteiger partial charge in [0.2, 0.25) is 0 Å². The average Bonchev–Trinajstić information content (AvgIpc) is 3.71. The minimum Gasteiger partial charge on any atom is -0.379 e. The van der Waals surface area contributed by atoms with E-state index >= 15 is 0 Å². The van der Waals surface area contributed by atoms with Crippen LogP contribution in [0.4, 0.5) is 23.0 Å². The Hall–Kier alpha value is -4.77. The van der Waals surface area contributed by atoms with Crippen LogP contribution < -0.4 is 16.0 Å². The summed E-state index contributed by atoms with van der Waals surface area (Å²) in [7, 11) is 0. The van der Waals surface area contributed by atoms with Gasteiger partial charge in [0.25, 0.3) is 5.91 Å². The number of nitrogens with one attached hydrogen (secondary N) is 4. The minimum absolute atomic E-state index is 0.200. The lowest BCUT2D eigenvalue weighted by Crippen LogP contribution is -2.17. The van der Waals surface area contributed by atoms with Gasteiger partial charge in [0.15, 0.2) is 5.82 Å². The second-order valence-electron chi connectivity index (χ2n) is 9.26. The summed E-state index contributed by atoms with van der Waals surface area (Å²) >= 11 is 1.38. The van der Waals surface area contributed by atoms with Gasteiger partial charge in [-0.3, -0.25) is 9.78 Å². The topological polar surface area (TPSA) is 141 Å². The van der Waals surface area contributed by atoms with E-state index in [-0.39, 0.29) is 11.8 Å². The number of carbonyl (C=O) groups is 1. The number of hydrogen-bond donors (Lipinski definition) is 4. The molecule has 1 aliphatic carbocycles. The third-order valence-corrected chi connectivity index (χ3v) is 7.38. The van der Waals surface area contributed by atoms with Crippen LogP contribution in [-0.2, 0) is 6.54 Å². The summed E-state index contributed by atoms with van der Waals surface area (Å²) in [5.41, 5.74) is 5.46. The lowest BCUT2D eigenvalue weighted by molar-refractivity contribution is 0.102. The molecule has 5 aromatic rings. The van der Waals surface area contributed by atoms with Gasteiger partial charge in [-0.15, -0.1) is 11.3 Å². The van der Waals surface area contributed by atoms with E-state index in [0.29, 0.717) is 46.2 Å². The SMILES string of the molecule is Cc1cccc(CNc2cccc(NC(=O)c3csc4c(Nc5ccncn5)ncnc34)c2C(=N)C2CC2)n1. The van der Waals surface area contributed by atoms with Gasteiger partial charge in [-0.25, -0.2) is 19.9 Å². The van der Waals surface area contributed by atoms with Crippen molar-refractivity contribution in [3.63, 3.8) is 0 Å². The summed E-state index contributed by atoms with van der Waals surface area (Å²) in [5, 5.41) is 20.3. The van der Waals surface area contributed by atoms with Gasteiger partial charge in [-0.05, 0) is 50.1 Å². The molecule has 0 radical (unpaired) electrons. The van der Waals surface area contributed by atoms with Crippen molar-refractivity contribution in [1.29, 1.82) is 5.41 Å². The zero-order valence-corrected chi connectivity index (χ0v) is 21.9. The van der Waals surface area contributed by atoms with Crippen LogP contribution in [0.1, 0.15) is 40.2 Å². The predicted molar refractivity (Wildman–Crippen MR) is 153 cm³/mol. The van der Waals surface area contributed by atoms with Crippen LogP contribution in [-0.4, -0.2) is 36.5 Å². The second-order valence-corrected chi connectivity index (χ2v) is 10.1. The Kier molecular flexibility index (Phi) is 6.64. The van der Waals surface area contributed by atoms with E-state index < -0.39 is 0 Å². The smallest absolute Gasteiger partial charge is 0.258 e. The van der Waals surface area contributed by atoms with E-state index in [4.69, 9.17) is 5.41 Å². The second kappa shape index (κ2) is 10.5. The first-order chi connectivity index (χ1) is 19.1. The molecule has 0 saturated heterocycles. The molecule has 0 spiro atoms. The molecule has 39 heavy (non-hydrogen) atoms. The van der Waals surface area contributed by atoms with Crippen LogP contribution in [0.5, 0.6) is 0 Å². The fraction of sp³-hybridized carbons (Fsp3) is 0.179. The Morgan fingerprint density at radius 2 is 1.90 bits per heavy atom. The summed E-state index contributed by atoms with van der Waals surface area (Å²) in [6, 6.07) is 13.3. The number of thiophene rings is 1. The number of aryl methyl sites for hydroxylation is 1. The van der Waals surface area contributed by atoms with E-state index in [2.05, 4.69) is 40.9 Å². The number of benzene rings is 1. The highest BCUT2D eigenvalue weighted by Crippen LogP contribution is 2.38. The maximum atomic E-state index is 13.5. The quantitative estimate of drug-likeness (QED) is 0.180. The van der Waals surface area contributed by atoms with E-state index in [1.165, 1.54) is 24.0 Å². The molecular weight excluding hydrogens is 510 g/mol. The number of fused-ring (bicyclic) bond motifs is 1. The van der Waals surface area contributed by atoms with Crippen LogP contribution in [0.25, 0.3) is 10.2 Å². The molecule has 10 nitrogen and oxygen atoms in total. The zero-order valence-electron chi connectivity index (χ0n) is 21.1. The van der Waals surface area contributed by atoms with Crippen LogP contribution in [0.2, 0.25) is 0 Å². The van der Waals surface area contributed by atoms with Crippen molar-refractivity contribution in [2.75, 3.05) is 16.0 Å². The van der Waals surface area contributed by atoms with E-state index in [1.807, 2.05) is 43.3 Å². The Bertz CT molecular complexity index is 1680. The first kappa shape index (κ1) is 24.6. The number of nitrogens with zero attached hydrogens (tertiary/aromatic N) is 5.